The van der Waals surface area contributed by atoms with Crippen molar-refractivity contribution < 1.29 is 32.0 Å². The van der Waals surface area contributed by atoms with Gasteiger partial charge in [-0.2, -0.15) is 0 Å². The minimum atomic E-state index is -3.79. The summed E-state index contributed by atoms with van der Waals surface area (Å²) in [5, 5.41) is 1.79. The Kier molecular flexibility index (Phi) is 18.9. The molecule has 0 saturated carbocycles. The zero-order chi connectivity index (χ0) is 30.0. The molecular formula is C26H47Cl2N3O7P2. The maximum absolute atomic E-state index is 13.6. The summed E-state index contributed by atoms with van der Waals surface area (Å²) < 4.78 is 49.2. The third kappa shape index (κ3) is 12.3. The van der Waals surface area contributed by atoms with Gasteiger partial charge in [-0.15, -0.1) is 23.2 Å². The van der Waals surface area contributed by atoms with Crippen LogP contribution in [-0.2, 0) is 38.4 Å². The summed E-state index contributed by atoms with van der Waals surface area (Å²) in [4.78, 5) is 14.7. The number of rotatable bonds is 23. The molecule has 0 aliphatic heterocycles. The molecule has 0 bridgehead atoms. The molecular weight excluding hydrogens is 599 g/mol. The molecule has 1 amide bonds. The topological polar surface area (TPSA) is 129 Å². The van der Waals surface area contributed by atoms with Gasteiger partial charge in [0.15, 0.2) is 5.40 Å². The van der Waals surface area contributed by atoms with Crippen molar-refractivity contribution in [3.8, 4) is 0 Å². The summed E-state index contributed by atoms with van der Waals surface area (Å²) in [7, 11) is -7.57. The molecule has 232 valence electrons. The van der Waals surface area contributed by atoms with Crippen LogP contribution in [0.15, 0.2) is 24.3 Å². The largest absolute Gasteiger partial charge is 0.369 e. The van der Waals surface area contributed by atoms with Crippen molar-refractivity contribution >= 4 is 50.0 Å². The molecule has 1 aromatic carbocycles. The van der Waals surface area contributed by atoms with Crippen molar-refractivity contribution in [1.82, 2.24) is 5.32 Å². The quantitative estimate of drug-likeness (QED) is 0.0838. The normalized spacial score (nSPS) is 13.0. The van der Waals surface area contributed by atoms with Crippen LogP contribution >= 0.6 is 38.4 Å². The lowest BCUT2D eigenvalue weighted by molar-refractivity contribution is -0.122. The van der Waals surface area contributed by atoms with Gasteiger partial charge >= 0.3 is 15.2 Å². The smallest absolute Gasteiger partial charge is 0.345 e. The van der Waals surface area contributed by atoms with E-state index in [0.29, 0.717) is 50.7 Å². The fourth-order valence-corrected chi connectivity index (χ4v) is 10.1. The van der Waals surface area contributed by atoms with Gasteiger partial charge in [0.1, 0.15) is 0 Å². The van der Waals surface area contributed by atoms with E-state index in [9.17, 15) is 13.9 Å². The summed E-state index contributed by atoms with van der Waals surface area (Å²) in [5.41, 5.74) is 8.11. The van der Waals surface area contributed by atoms with E-state index in [0.717, 1.165) is 11.3 Å². The van der Waals surface area contributed by atoms with E-state index in [1.165, 1.54) is 0 Å². The molecule has 10 nitrogen and oxygen atoms in total. The van der Waals surface area contributed by atoms with Crippen molar-refractivity contribution in [2.75, 3.05) is 62.7 Å². The second-order valence-corrected chi connectivity index (χ2v) is 14.5. The Morgan fingerprint density at radius 2 is 1.35 bits per heavy atom. The van der Waals surface area contributed by atoms with Crippen molar-refractivity contribution in [1.29, 1.82) is 0 Å². The number of carbonyl (C=O) groups is 1. The Balaban J connectivity index is 2.71. The monoisotopic (exact) mass is 645 g/mol. The average Bonchev–Trinajstić information content (AvgIpc) is 2.91. The summed E-state index contributed by atoms with van der Waals surface area (Å²) in [6, 6.07) is 7.13. The Hall–Kier alpha value is -0.670. The highest BCUT2D eigenvalue weighted by Crippen LogP contribution is 2.71. The molecule has 0 aliphatic rings. The van der Waals surface area contributed by atoms with Crippen LogP contribution in [0.5, 0.6) is 0 Å². The number of benzene rings is 1. The second-order valence-electron chi connectivity index (χ2n) is 8.86. The molecule has 14 heteroatoms. The fraction of sp³-hybridized carbons (Fsp3) is 0.731. The maximum Gasteiger partial charge on any atom is 0.345 e. The third-order valence-electron chi connectivity index (χ3n) is 5.96. The number of anilines is 1. The van der Waals surface area contributed by atoms with E-state index in [-0.39, 0.29) is 38.8 Å². The molecule has 40 heavy (non-hydrogen) atoms. The first-order valence-electron chi connectivity index (χ1n) is 13.9. The van der Waals surface area contributed by atoms with Crippen LogP contribution < -0.4 is 16.0 Å². The molecule has 1 atom stereocenters. The second kappa shape index (κ2) is 20.3. The van der Waals surface area contributed by atoms with E-state index >= 15 is 0 Å². The molecule has 0 aromatic heterocycles. The van der Waals surface area contributed by atoms with Gasteiger partial charge in [0.05, 0.1) is 32.5 Å². The zero-order valence-corrected chi connectivity index (χ0v) is 27.5. The number of amides is 1. The SMILES string of the molecule is CCOP(=O)(OCC)C(CCCCNC(=O)[C@@H](N)Cc1ccc(N(CCCl)CCCl)cc1)P(=O)(OCC)OCC. The van der Waals surface area contributed by atoms with Gasteiger partial charge < -0.3 is 34.0 Å². The molecule has 0 unspecified atom stereocenters. The van der Waals surface area contributed by atoms with E-state index in [2.05, 4.69) is 10.2 Å². The highest BCUT2D eigenvalue weighted by molar-refractivity contribution is 7.72. The summed E-state index contributed by atoms with van der Waals surface area (Å²) in [6.07, 6.45) is 1.62. The minimum absolute atomic E-state index is 0.127. The first kappa shape index (κ1) is 37.4. The van der Waals surface area contributed by atoms with Gasteiger partial charge in [-0.1, -0.05) is 18.6 Å². The lowest BCUT2D eigenvalue weighted by Crippen LogP contribution is -2.42. The number of nitrogens with zero attached hydrogens (tertiary/aromatic N) is 1. The summed E-state index contributed by atoms with van der Waals surface area (Å²) in [6.45, 7) is 9.03. The third-order valence-corrected chi connectivity index (χ3v) is 12.4. The predicted molar refractivity (Wildman–Crippen MR) is 164 cm³/mol. The van der Waals surface area contributed by atoms with Gasteiger partial charge in [-0.3, -0.25) is 13.9 Å². The van der Waals surface area contributed by atoms with Gasteiger partial charge in [0.25, 0.3) is 0 Å². The standard InChI is InChI=1S/C26H47Cl2N3O7P2/c1-5-35-39(33,36-6-2)25(40(34,37-7-3)38-8-4)11-9-10-18-30-26(32)24(29)21-22-12-14-23(15-13-22)31(19-16-27)20-17-28/h12-15,24-25H,5-11,16-21,29H2,1-4H3,(H,30,32)/t24-/m0/s1. The van der Waals surface area contributed by atoms with Crippen LogP contribution in [-0.4, -0.2) is 75.2 Å². The Morgan fingerprint density at radius 1 is 0.875 bits per heavy atom. The number of carbonyl (C=O) groups excluding carboxylic acids is 1. The van der Waals surface area contributed by atoms with Crippen LogP contribution in [0.3, 0.4) is 0 Å². The van der Waals surface area contributed by atoms with E-state index in [1.807, 2.05) is 24.3 Å². The summed E-state index contributed by atoms with van der Waals surface area (Å²) in [5.74, 6) is 0.734. The number of nitrogens with two attached hydrogens (primary N) is 1. The highest BCUT2D eigenvalue weighted by atomic mass is 35.5. The fourth-order valence-electron chi connectivity index (χ4n) is 4.19. The van der Waals surface area contributed by atoms with Crippen LogP contribution in [0.1, 0.15) is 52.5 Å². The Bertz CT molecular complexity index is 887. The molecule has 0 fully saturated rings. The van der Waals surface area contributed by atoms with E-state index in [1.54, 1.807) is 27.7 Å². The zero-order valence-electron chi connectivity index (χ0n) is 24.2. The van der Waals surface area contributed by atoms with Crippen molar-refractivity contribution in [3.63, 3.8) is 0 Å². The number of halogens is 2. The van der Waals surface area contributed by atoms with E-state index in [4.69, 9.17) is 47.0 Å². The van der Waals surface area contributed by atoms with Crippen LogP contribution in [0.25, 0.3) is 0 Å². The molecule has 3 N–H and O–H groups in total. The molecule has 0 heterocycles. The van der Waals surface area contributed by atoms with E-state index < -0.39 is 26.6 Å². The van der Waals surface area contributed by atoms with Gasteiger partial charge in [-0.25, -0.2) is 0 Å². The predicted octanol–water partition coefficient (Wildman–Crippen LogP) is 5.99. The van der Waals surface area contributed by atoms with Crippen LogP contribution in [0, 0.1) is 0 Å². The van der Waals surface area contributed by atoms with Crippen molar-refractivity contribution in [2.24, 2.45) is 5.73 Å². The Morgan fingerprint density at radius 3 is 1.77 bits per heavy atom. The van der Waals surface area contributed by atoms with Crippen molar-refractivity contribution in [2.45, 2.75) is 64.8 Å². The van der Waals surface area contributed by atoms with Gasteiger partial charge in [-0.05, 0) is 64.7 Å². The lowest BCUT2D eigenvalue weighted by atomic mass is 10.1. The molecule has 0 aliphatic carbocycles. The number of hydrogen-bond acceptors (Lipinski definition) is 9. The first-order valence-corrected chi connectivity index (χ1v) is 18.2. The van der Waals surface area contributed by atoms with Crippen molar-refractivity contribution in [3.05, 3.63) is 29.8 Å². The molecule has 1 aromatic rings. The summed E-state index contributed by atoms with van der Waals surface area (Å²) >= 11 is 11.8. The number of hydrogen-bond donors (Lipinski definition) is 2. The highest BCUT2D eigenvalue weighted by Gasteiger charge is 2.50. The van der Waals surface area contributed by atoms with Gasteiger partial charge in [0.2, 0.25) is 5.91 Å². The Labute approximate surface area is 250 Å². The molecule has 0 saturated heterocycles. The molecule has 1 rings (SSSR count). The minimum Gasteiger partial charge on any atom is -0.369 e. The lowest BCUT2D eigenvalue weighted by Gasteiger charge is -2.31. The number of unbranched alkanes of at least 4 members (excludes halogenated alkanes) is 1. The molecule has 0 radical (unpaired) electrons. The van der Waals surface area contributed by atoms with Gasteiger partial charge in [0, 0.05) is 37.1 Å². The first-order chi connectivity index (χ1) is 19.1. The number of alkyl halides is 2. The molecule has 0 spiro atoms. The maximum atomic E-state index is 13.6. The number of nitrogens with one attached hydrogen (secondary N) is 1. The van der Waals surface area contributed by atoms with Crippen LogP contribution in [0.2, 0.25) is 0 Å². The average molecular weight is 647 g/mol. The van der Waals surface area contributed by atoms with Crippen LogP contribution in [0.4, 0.5) is 5.69 Å².